The molecule has 1 aromatic heterocycles. The van der Waals surface area contributed by atoms with Gasteiger partial charge < -0.3 is 10.0 Å². The van der Waals surface area contributed by atoms with E-state index < -0.39 is 12.0 Å². The number of carboxylic acids is 1. The van der Waals surface area contributed by atoms with E-state index in [1.165, 1.54) is 4.90 Å². The minimum atomic E-state index is -1.09. The molecule has 1 aromatic carbocycles. The lowest BCUT2D eigenvalue weighted by molar-refractivity contribution is -0.146. The monoisotopic (exact) mass is 306 g/mol. The van der Waals surface area contributed by atoms with E-state index in [2.05, 4.69) is 4.98 Å². The molecule has 0 fully saturated rings. The number of aromatic nitrogens is 1. The van der Waals surface area contributed by atoms with Crippen LogP contribution < -0.4 is 0 Å². The van der Waals surface area contributed by atoms with Gasteiger partial charge in [-0.2, -0.15) is 0 Å². The molecule has 1 unspecified atom stereocenters. The van der Waals surface area contributed by atoms with E-state index in [0.717, 1.165) is 0 Å². The molecule has 0 aliphatic rings. The Morgan fingerprint density at radius 2 is 2.24 bits per heavy atom. The molecule has 0 bridgehead atoms. The van der Waals surface area contributed by atoms with Crippen molar-refractivity contribution in [2.75, 3.05) is 6.54 Å². The van der Waals surface area contributed by atoms with Crippen molar-refractivity contribution in [2.45, 2.75) is 19.4 Å². The number of fused-ring (bicyclic) bond motifs is 1. The van der Waals surface area contributed by atoms with Gasteiger partial charge in [0.05, 0.1) is 5.52 Å². The first-order valence-electron chi connectivity index (χ1n) is 6.57. The third-order valence-corrected chi connectivity index (χ3v) is 3.55. The maximum absolute atomic E-state index is 11.6. The lowest BCUT2D eigenvalue weighted by Crippen LogP contribution is -2.34. The number of hydrogen-bond donors (Lipinski definition) is 1. The molecule has 0 spiro atoms. The van der Waals surface area contributed by atoms with Gasteiger partial charge in [-0.3, -0.25) is 9.78 Å². The van der Waals surface area contributed by atoms with Crippen LogP contribution in [0.15, 0.2) is 30.5 Å². The van der Waals surface area contributed by atoms with E-state index in [0.29, 0.717) is 40.9 Å². The number of benzene rings is 1. The van der Waals surface area contributed by atoms with Gasteiger partial charge in [-0.05, 0) is 24.6 Å². The van der Waals surface area contributed by atoms with Crippen molar-refractivity contribution in [3.05, 3.63) is 41.0 Å². The summed E-state index contributed by atoms with van der Waals surface area (Å²) < 4.78 is 0. The third kappa shape index (κ3) is 2.97. The number of hydrogen-bond acceptors (Lipinski definition) is 3. The number of halogens is 1. The van der Waals surface area contributed by atoms with Crippen LogP contribution in [0.1, 0.15) is 24.9 Å². The fourth-order valence-electron chi connectivity index (χ4n) is 2.33. The maximum Gasteiger partial charge on any atom is 0.331 e. The summed E-state index contributed by atoms with van der Waals surface area (Å²) in [5.41, 5.74) is 0.961. The highest BCUT2D eigenvalue weighted by molar-refractivity contribution is 6.35. The second-order valence-corrected chi connectivity index (χ2v) is 5.03. The van der Waals surface area contributed by atoms with Gasteiger partial charge in [0.15, 0.2) is 6.04 Å². The van der Waals surface area contributed by atoms with Crippen LogP contribution in [0.3, 0.4) is 0 Å². The molecule has 1 heterocycles. The van der Waals surface area contributed by atoms with Crippen LogP contribution in [0.5, 0.6) is 0 Å². The summed E-state index contributed by atoms with van der Waals surface area (Å²) in [7, 11) is 0. The molecule has 0 radical (unpaired) electrons. The fraction of sp³-hybridized carbons (Fsp3) is 0.267. The normalized spacial score (nSPS) is 12.1. The minimum absolute atomic E-state index is 0.359. The van der Waals surface area contributed by atoms with E-state index in [-0.39, 0.29) is 0 Å². The molecule has 6 heteroatoms. The molecule has 5 nitrogen and oxygen atoms in total. The van der Waals surface area contributed by atoms with Gasteiger partial charge in [0.25, 0.3) is 0 Å². The van der Waals surface area contributed by atoms with Crippen LogP contribution in [0.25, 0.3) is 10.9 Å². The first kappa shape index (κ1) is 15.3. The van der Waals surface area contributed by atoms with Crippen LogP contribution in [-0.4, -0.2) is 33.9 Å². The Hall–Kier alpha value is -2.14. The van der Waals surface area contributed by atoms with Crippen molar-refractivity contribution < 1.29 is 14.7 Å². The van der Waals surface area contributed by atoms with E-state index >= 15 is 0 Å². The molecule has 1 N–H and O–H groups in total. The number of carbonyl (C=O) groups is 2. The summed E-state index contributed by atoms with van der Waals surface area (Å²) in [5, 5.41) is 10.7. The minimum Gasteiger partial charge on any atom is -0.479 e. The predicted octanol–water partition coefficient (Wildman–Crippen LogP) is 2.88. The number of aliphatic carboxylic acids is 1. The number of amides is 1. The Labute approximate surface area is 127 Å². The predicted molar refractivity (Wildman–Crippen MR) is 80.2 cm³/mol. The molecule has 21 heavy (non-hydrogen) atoms. The molecular formula is C15H15ClN2O3. The van der Waals surface area contributed by atoms with Gasteiger partial charge in [0, 0.05) is 28.7 Å². The number of nitrogens with zero attached hydrogens (tertiary/aromatic N) is 2. The first-order valence-corrected chi connectivity index (χ1v) is 6.95. The molecule has 2 aromatic rings. The van der Waals surface area contributed by atoms with Crippen LogP contribution >= 0.6 is 11.6 Å². The number of pyridine rings is 1. The molecule has 0 aliphatic carbocycles. The van der Waals surface area contributed by atoms with Crippen LogP contribution in [0, 0.1) is 0 Å². The third-order valence-electron chi connectivity index (χ3n) is 3.23. The van der Waals surface area contributed by atoms with E-state index in [1.807, 2.05) is 6.92 Å². The van der Waals surface area contributed by atoms with Gasteiger partial charge in [-0.15, -0.1) is 0 Å². The molecule has 1 atom stereocenters. The molecule has 0 saturated carbocycles. The summed E-state index contributed by atoms with van der Waals surface area (Å²) in [6.07, 6.45) is 2.80. The zero-order chi connectivity index (χ0) is 15.4. The van der Waals surface area contributed by atoms with Crippen molar-refractivity contribution in [3.63, 3.8) is 0 Å². The average Bonchev–Trinajstić information content (AvgIpc) is 2.49. The second kappa shape index (κ2) is 6.54. The second-order valence-electron chi connectivity index (χ2n) is 4.62. The summed E-state index contributed by atoms with van der Waals surface area (Å²) >= 11 is 6.12. The fourth-order valence-corrected chi connectivity index (χ4v) is 2.55. The summed E-state index contributed by atoms with van der Waals surface area (Å²) in [4.78, 5) is 28.4. The zero-order valence-corrected chi connectivity index (χ0v) is 12.2. The Morgan fingerprint density at radius 3 is 2.86 bits per heavy atom. The van der Waals surface area contributed by atoms with Gasteiger partial charge in [0.2, 0.25) is 6.41 Å². The highest BCUT2D eigenvalue weighted by Gasteiger charge is 2.28. The standard InChI is InChI=1S/C15H15ClN2O3/c1-2-8-18(9-19)14(15(20)21)11-5-6-12(16)10-4-3-7-17-13(10)11/h3-7,9,14H,2,8H2,1H3,(H,20,21). The van der Waals surface area contributed by atoms with Crippen molar-refractivity contribution in [1.82, 2.24) is 9.88 Å². The van der Waals surface area contributed by atoms with Gasteiger partial charge in [-0.25, -0.2) is 4.79 Å². The van der Waals surface area contributed by atoms with Crippen LogP contribution in [-0.2, 0) is 9.59 Å². The first-order chi connectivity index (χ1) is 10.1. The van der Waals surface area contributed by atoms with Crippen LogP contribution in [0.2, 0.25) is 5.02 Å². The smallest absolute Gasteiger partial charge is 0.331 e. The zero-order valence-electron chi connectivity index (χ0n) is 11.5. The summed E-state index contributed by atoms with van der Waals surface area (Å²) in [6.45, 7) is 2.24. The largest absolute Gasteiger partial charge is 0.479 e. The molecular weight excluding hydrogens is 292 g/mol. The van der Waals surface area contributed by atoms with Crippen LogP contribution in [0.4, 0.5) is 0 Å². The van der Waals surface area contributed by atoms with E-state index in [1.54, 1.807) is 30.5 Å². The quantitative estimate of drug-likeness (QED) is 0.833. The molecule has 0 aliphatic heterocycles. The molecule has 2 rings (SSSR count). The van der Waals surface area contributed by atoms with E-state index in [4.69, 9.17) is 11.6 Å². The highest BCUT2D eigenvalue weighted by Crippen LogP contribution is 2.31. The van der Waals surface area contributed by atoms with E-state index in [9.17, 15) is 14.7 Å². The molecule has 0 saturated heterocycles. The number of carbonyl (C=O) groups excluding carboxylic acids is 1. The SMILES string of the molecule is CCCN(C=O)C(C(=O)O)c1ccc(Cl)c2cccnc12. The lowest BCUT2D eigenvalue weighted by Gasteiger charge is -2.25. The Morgan fingerprint density at radius 1 is 1.48 bits per heavy atom. The lowest BCUT2D eigenvalue weighted by atomic mass is 10.0. The Kier molecular flexibility index (Phi) is 4.75. The summed E-state index contributed by atoms with van der Waals surface area (Å²) in [5.74, 6) is -1.09. The van der Waals surface area contributed by atoms with Gasteiger partial charge in [0.1, 0.15) is 0 Å². The Balaban J connectivity index is 2.63. The summed E-state index contributed by atoms with van der Waals surface area (Å²) in [6, 6.07) is 5.68. The molecule has 1 amide bonds. The Bertz CT molecular complexity index is 675. The maximum atomic E-state index is 11.6. The topological polar surface area (TPSA) is 70.5 Å². The van der Waals surface area contributed by atoms with Crippen molar-refractivity contribution in [1.29, 1.82) is 0 Å². The molecule has 110 valence electrons. The number of carboxylic acid groups (broad SMARTS) is 1. The van der Waals surface area contributed by atoms with Gasteiger partial charge in [-0.1, -0.05) is 24.6 Å². The highest BCUT2D eigenvalue weighted by atomic mass is 35.5. The number of rotatable bonds is 6. The van der Waals surface area contributed by atoms with Crippen molar-refractivity contribution in [2.24, 2.45) is 0 Å². The van der Waals surface area contributed by atoms with Crippen molar-refractivity contribution in [3.8, 4) is 0 Å². The van der Waals surface area contributed by atoms with Crippen molar-refractivity contribution >= 4 is 34.9 Å². The average molecular weight is 307 g/mol. The van der Waals surface area contributed by atoms with Gasteiger partial charge >= 0.3 is 5.97 Å².